The molecular weight excluding hydrogens is 542 g/mol. The van der Waals surface area contributed by atoms with Crippen molar-refractivity contribution in [3.63, 3.8) is 0 Å². The first-order valence-corrected chi connectivity index (χ1v) is 15.0. The van der Waals surface area contributed by atoms with Crippen molar-refractivity contribution in [1.82, 2.24) is 4.90 Å². The second-order valence-electron chi connectivity index (χ2n) is 12.0. The zero-order valence-corrected chi connectivity index (χ0v) is 24.1. The lowest BCUT2D eigenvalue weighted by molar-refractivity contribution is -0.144. The minimum atomic E-state index is -1.32. The van der Waals surface area contributed by atoms with Crippen LogP contribution in [0.5, 0.6) is 0 Å². The number of rotatable bonds is 6. The van der Waals surface area contributed by atoms with E-state index in [1.54, 1.807) is 14.7 Å². The van der Waals surface area contributed by atoms with Crippen LogP contribution in [-0.4, -0.2) is 71.2 Å². The normalized spacial score (nSPS) is 30.0. The molecular formula is C35H35N3O5. The highest BCUT2D eigenvalue weighted by molar-refractivity contribution is 6.08. The number of benzene rings is 3. The molecule has 2 saturated heterocycles. The molecule has 1 N–H and O–H groups in total. The third-order valence-corrected chi connectivity index (χ3v) is 9.48. The van der Waals surface area contributed by atoms with Crippen LogP contribution in [0.25, 0.3) is 10.8 Å². The van der Waals surface area contributed by atoms with Crippen LogP contribution in [-0.2, 0) is 19.1 Å². The summed E-state index contributed by atoms with van der Waals surface area (Å²) in [7, 11) is 0. The van der Waals surface area contributed by atoms with Gasteiger partial charge < -0.3 is 24.5 Å². The van der Waals surface area contributed by atoms with E-state index in [0.717, 1.165) is 22.1 Å². The number of unbranched alkanes of at least 4 members (excludes halogenated alkanes) is 1. The van der Waals surface area contributed by atoms with Crippen molar-refractivity contribution in [2.45, 2.75) is 37.0 Å². The number of para-hydroxylation sites is 1. The summed E-state index contributed by atoms with van der Waals surface area (Å²) < 4.78 is 6.93. The lowest BCUT2D eigenvalue weighted by atomic mass is 9.74. The molecule has 8 heteroatoms. The second kappa shape index (κ2) is 10.5. The average Bonchev–Trinajstić information content (AvgIpc) is 3.28. The summed E-state index contributed by atoms with van der Waals surface area (Å²) in [5.74, 6) is -2.40. The molecule has 5 atom stereocenters. The smallest absolute Gasteiger partial charge is 0.253 e. The van der Waals surface area contributed by atoms with Crippen LogP contribution in [0, 0.1) is 11.8 Å². The van der Waals surface area contributed by atoms with Crippen molar-refractivity contribution in [3.05, 3.63) is 97.1 Å². The molecule has 43 heavy (non-hydrogen) atoms. The monoisotopic (exact) mass is 577 g/mol. The van der Waals surface area contributed by atoms with E-state index in [1.807, 2.05) is 104 Å². The molecule has 220 valence electrons. The van der Waals surface area contributed by atoms with Gasteiger partial charge in [0.15, 0.2) is 0 Å². The minimum Gasteiger partial charge on any atom is -0.396 e. The highest BCUT2D eigenvalue weighted by Crippen LogP contribution is 2.57. The second-order valence-corrected chi connectivity index (χ2v) is 12.0. The quantitative estimate of drug-likeness (QED) is 0.352. The fraction of sp³-hybridized carbons (Fsp3) is 0.343. The maximum atomic E-state index is 14.7. The Morgan fingerprint density at radius 2 is 1.47 bits per heavy atom. The first-order valence-electron chi connectivity index (χ1n) is 15.0. The number of aliphatic hydroxyl groups excluding tert-OH is 1. The van der Waals surface area contributed by atoms with Gasteiger partial charge in [0.05, 0.1) is 17.4 Å². The van der Waals surface area contributed by atoms with Gasteiger partial charge in [0.2, 0.25) is 11.8 Å². The van der Waals surface area contributed by atoms with E-state index in [0.29, 0.717) is 25.9 Å². The van der Waals surface area contributed by atoms with Gasteiger partial charge >= 0.3 is 0 Å². The highest BCUT2D eigenvalue weighted by atomic mass is 16.5. The molecule has 0 aromatic heterocycles. The maximum absolute atomic E-state index is 14.7. The number of likely N-dealkylation sites (tertiary alicyclic amines) is 1. The van der Waals surface area contributed by atoms with E-state index in [2.05, 4.69) is 0 Å². The van der Waals surface area contributed by atoms with E-state index in [1.165, 1.54) is 0 Å². The minimum absolute atomic E-state index is 0.00908. The van der Waals surface area contributed by atoms with Crippen LogP contribution < -0.4 is 9.80 Å². The lowest BCUT2D eigenvalue weighted by Gasteiger charge is -2.37. The van der Waals surface area contributed by atoms with E-state index >= 15 is 0 Å². The summed E-state index contributed by atoms with van der Waals surface area (Å²) in [6.45, 7) is 2.81. The Hall–Kier alpha value is -4.27. The molecule has 0 saturated carbocycles. The van der Waals surface area contributed by atoms with Crippen molar-refractivity contribution in [2.24, 2.45) is 11.8 Å². The topological polar surface area (TPSA) is 90.4 Å². The van der Waals surface area contributed by atoms with Gasteiger partial charge in [0.1, 0.15) is 11.6 Å². The van der Waals surface area contributed by atoms with Crippen LogP contribution in [0.1, 0.15) is 19.8 Å². The number of carbonyl (C=O) groups is 3. The number of amides is 3. The van der Waals surface area contributed by atoms with Gasteiger partial charge in [0, 0.05) is 37.6 Å². The van der Waals surface area contributed by atoms with Gasteiger partial charge in [-0.05, 0) is 54.8 Å². The van der Waals surface area contributed by atoms with Crippen LogP contribution >= 0.6 is 0 Å². The summed E-state index contributed by atoms with van der Waals surface area (Å²) in [6, 6.07) is 22.4. The van der Waals surface area contributed by atoms with Crippen LogP contribution in [0.4, 0.5) is 11.4 Å². The summed E-state index contributed by atoms with van der Waals surface area (Å²) in [6.07, 6.45) is 8.63. The Labute approximate surface area is 250 Å². The summed E-state index contributed by atoms with van der Waals surface area (Å²) in [5.41, 5.74) is -0.919. The van der Waals surface area contributed by atoms with Gasteiger partial charge in [-0.1, -0.05) is 72.8 Å². The van der Waals surface area contributed by atoms with Gasteiger partial charge in [-0.15, -0.1) is 0 Å². The molecule has 3 amide bonds. The molecule has 4 aliphatic rings. The van der Waals surface area contributed by atoms with Crippen LogP contribution in [0.3, 0.4) is 0 Å². The number of carbonyl (C=O) groups excluding carboxylic acids is 3. The van der Waals surface area contributed by atoms with E-state index in [9.17, 15) is 19.5 Å². The molecule has 0 aliphatic carbocycles. The van der Waals surface area contributed by atoms with Crippen molar-refractivity contribution in [3.8, 4) is 0 Å². The van der Waals surface area contributed by atoms with Crippen molar-refractivity contribution in [2.75, 3.05) is 36.0 Å². The first-order chi connectivity index (χ1) is 20.9. The largest absolute Gasteiger partial charge is 0.396 e. The molecule has 2 fully saturated rings. The number of nitrogens with zero attached hydrogens (tertiary/aromatic N) is 3. The van der Waals surface area contributed by atoms with Crippen LogP contribution in [0.15, 0.2) is 97.1 Å². The summed E-state index contributed by atoms with van der Waals surface area (Å²) >= 11 is 0. The molecule has 0 radical (unpaired) electrons. The fourth-order valence-corrected chi connectivity index (χ4v) is 7.57. The zero-order valence-electron chi connectivity index (χ0n) is 24.1. The standard InChI is InChI=1S/C35H35N3O5/c1-34-17-9-20-36(26-13-3-2-4-14-26)31(40)28(34)29-32(41)38(19-7-8-22-39)30-33(42)37(21-10-18-35(29,30)43-34)27-16-15-24-11-5-6-12-25(24)23-27/h2-6,9-18,23,28-30,39H,7-8,19-22H2,1H3/t28-,29-,30?,34+,35-/m0/s1. The number of aliphatic hydroxyl groups is 1. The number of anilines is 2. The molecule has 3 aromatic carbocycles. The Bertz CT molecular complexity index is 1650. The van der Waals surface area contributed by atoms with Crippen molar-refractivity contribution in [1.29, 1.82) is 0 Å². The molecule has 4 aliphatic heterocycles. The van der Waals surface area contributed by atoms with Gasteiger partial charge in [0.25, 0.3) is 5.91 Å². The molecule has 1 spiro atoms. The number of hydrogen-bond donors (Lipinski definition) is 1. The lowest BCUT2D eigenvalue weighted by Crippen LogP contribution is -2.56. The molecule has 1 unspecified atom stereocenters. The Kier molecular flexibility index (Phi) is 6.71. The van der Waals surface area contributed by atoms with Crippen molar-refractivity contribution >= 4 is 39.9 Å². The zero-order chi connectivity index (χ0) is 29.8. The van der Waals surface area contributed by atoms with Crippen molar-refractivity contribution < 1.29 is 24.2 Å². The molecule has 4 heterocycles. The predicted octanol–water partition coefficient (Wildman–Crippen LogP) is 4.09. The van der Waals surface area contributed by atoms with E-state index < -0.39 is 29.1 Å². The van der Waals surface area contributed by atoms with E-state index in [4.69, 9.17) is 4.74 Å². The van der Waals surface area contributed by atoms with Gasteiger partial charge in [-0.25, -0.2) is 0 Å². The first kappa shape index (κ1) is 27.6. The molecule has 3 aromatic rings. The fourth-order valence-electron chi connectivity index (χ4n) is 7.57. The predicted molar refractivity (Wildman–Crippen MR) is 164 cm³/mol. The highest BCUT2D eigenvalue weighted by Gasteiger charge is 2.74. The number of ether oxygens (including phenoxy) is 1. The molecule has 8 nitrogen and oxygen atoms in total. The number of hydrogen-bond acceptors (Lipinski definition) is 5. The SMILES string of the molecule is C[C@@]12C=CCN(c3ccccc3)C(=O)[C@@H]1[C@H]1C(=O)N(CCCCO)C3C(=O)N(c4ccc5ccccc5c4)CC=C[C@@]31O2. The third kappa shape index (κ3) is 4.23. The Balaban J connectivity index is 1.33. The van der Waals surface area contributed by atoms with Gasteiger partial charge in [-0.2, -0.15) is 0 Å². The third-order valence-electron chi connectivity index (χ3n) is 9.48. The molecule has 7 rings (SSSR count). The Morgan fingerprint density at radius 3 is 2.23 bits per heavy atom. The Morgan fingerprint density at radius 1 is 0.767 bits per heavy atom. The van der Waals surface area contributed by atoms with Crippen LogP contribution in [0.2, 0.25) is 0 Å². The maximum Gasteiger partial charge on any atom is 0.253 e. The van der Waals surface area contributed by atoms with Gasteiger partial charge in [-0.3, -0.25) is 14.4 Å². The van der Waals surface area contributed by atoms with E-state index in [-0.39, 0.29) is 30.9 Å². The summed E-state index contributed by atoms with van der Waals surface area (Å²) in [4.78, 5) is 48.6. The summed E-state index contributed by atoms with van der Waals surface area (Å²) in [5, 5.41) is 11.6. The number of fused-ring (bicyclic) bond motifs is 3. The molecule has 0 bridgehead atoms. The average molecular weight is 578 g/mol.